The molecule has 0 fully saturated rings. The Labute approximate surface area is 183 Å². The Hall–Kier alpha value is -2.53. The molecule has 1 aliphatic heterocycles. The SMILES string of the molecule is CCCCN1C(=O)C(SCc2ccccc2)=C(c2ccc(OCC(C)C)cc2)C1=O. The van der Waals surface area contributed by atoms with Crippen LogP contribution in [0.15, 0.2) is 59.5 Å². The van der Waals surface area contributed by atoms with E-state index in [4.69, 9.17) is 4.74 Å². The van der Waals surface area contributed by atoms with Crippen LogP contribution in [0, 0.1) is 5.92 Å². The monoisotopic (exact) mass is 423 g/mol. The molecule has 0 bridgehead atoms. The van der Waals surface area contributed by atoms with Crippen molar-refractivity contribution >= 4 is 29.1 Å². The fraction of sp³-hybridized carbons (Fsp3) is 0.360. The number of amides is 2. The lowest BCUT2D eigenvalue weighted by Gasteiger charge is -2.14. The molecule has 4 nitrogen and oxygen atoms in total. The molecule has 0 aliphatic carbocycles. The third-order valence-electron chi connectivity index (χ3n) is 4.81. The van der Waals surface area contributed by atoms with Crippen molar-refractivity contribution in [3.05, 3.63) is 70.6 Å². The Morgan fingerprint density at radius 1 is 0.967 bits per heavy atom. The van der Waals surface area contributed by atoms with Crippen molar-refractivity contribution in [3.63, 3.8) is 0 Å². The van der Waals surface area contributed by atoms with Gasteiger partial charge in [-0.2, -0.15) is 0 Å². The second kappa shape index (κ2) is 10.5. The average molecular weight is 424 g/mol. The van der Waals surface area contributed by atoms with Gasteiger partial charge in [0.1, 0.15) is 5.75 Å². The number of hydrogen-bond acceptors (Lipinski definition) is 4. The van der Waals surface area contributed by atoms with Crippen molar-refractivity contribution < 1.29 is 14.3 Å². The minimum Gasteiger partial charge on any atom is -0.493 e. The zero-order chi connectivity index (χ0) is 21.5. The van der Waals surface area contributed by atoms with Gasteiger partial charge in [-0.25, -0.2) is 0 Å². The predicted molar refractivity (Wildman–Crippen MR) is 123 cm³/mol. The molecule has 0 radical (unpaired) electrons. The second-order valence-electron chi connectivity index (χ2n) is 7.82. The summed E-state index contributed by atoms with van der Waals surface area (Å²) in [6.45, 7) is 7.36. The topological polar surface area (TPSA) is 46.6 Å². The van der Waals surface area contributed by atoms with Gasteiger partial charge in [0.05, 0.1) is 17.1 Å². The number of unbranched alkanes of at least 4 members (excludes halogenated alkanes) is 1. The lowest BCUT2D eigenvalue weighted by atomic mass is 10.1. The Morgan fingerprint density at radius 2 is 1.67 bits per heavy atom. The van der Waals surface area contributed by atoms with Gasteiger partial charge < -0.3 is 4.74 Å². The maximum Gasteiger partial charge on any atom is 0.267 e. The van der Waals surface area contributed by atoms with Gasteiger partial charge in [-0.15, -0.1) is 11.8 Å². The Balaban J connectivity index is 1.87. The average Bonchev–Trinajstić information content (AvgIpc) is 2.99. The van der Waals surface area contributed by atoms with Crippen LogP contribution in [0.5, 0.6) is 5.75 Å². The summed E-state index contributed by atoms with van der Waals surface area (Å²) in [6, 6.07) is 17.5. The molecule has 3 rings (SSSR count). The van der Waals surface area contributed by atoms with E-state index in [1.165, 1.54) is 16.7 Å². The van der Waals surface area contributed by atoms with Gasteiger partial charge in [-0.3, -0.25) is 14.5 Å². The first-order chi connectivity index (χ1) is 14.5. The van der Waals surface area contributed by atoms with Crippen molar-refractivity contribution in [2.45, 2.75) is 39.4 Å². The third kappa shape index (κ3) is 5.33. The number of carbonyl (C=O) groups excluding carboxylic acids is 2. The third-order valence-corrected chi connectivity index (χ3v) is 5.96. The number of carbonyl (C=O) groups is 2. The highest BCUT2D eigenvalue weighted by Crippen LogP contribution is 2.38. The fourth-order valence-corrected chi connectivity index (χ4v) is 4.26. The minimum absolute atomic E-state index is 0.176. The first-order valence-electron chi connectivity index (χ1n) is 10.5. The summed E-state index contributed by atoms with van der Waals surface area (Å²) in [4.78, 5) is 28.2. The van der Waals surface area contributed by atoms with Gasteiger partial charge in [0.2, 0.25) is 0 Å². The Bertz CT molecular complexity index is 904. The van der Waals surface area contributed by atoms with Crippen molar-refractivity contribution in [2.24, 2.45) is 5.92 Å². The molecule has 0 spiro atoms. The van der Waals surface area contributed by atoms with E-state index >= 15 is 0 Å². The number of hydrogen-bond donors (Lipinski definition) is 0. The first kappa shape index (κ1) is 22.2. The number of thioether (sulfide) groups is 1. The van der Waals surface area contributed by atoms with Crippen LogP contribution >= 0.6 is 11.8 Å². The maximum atomic E-state index is 13.1. The van der Waals surface area contributed by atoms with Crippen LogP contribution in [0.4, 0.5) is 0 Å². The number of ether oxygens (including phenoxy) is 1. The molecular weight excluding hydrogens is 394 g/mol. The zero-order valence-electron chi connectivity index (χ0n) is 17.9. The Morgan fingerprint density at radius 3 is 2.30 bits per heavy atom. The van der Waals surface area contributed by atoms with Gasteiger partial charge in [0.25, 0.3) is 11.8 Å². The molecule has 2 aromatic carbocycles. The van der Waals surface area contributed by atoms with Crippen LogP contribution < -0.4 is 4.74 Å². The van der Waals surface area contributed by atoms with Crippen LogP contribution in [-0.2, 0) is 15.3 Å². The van der Waals surface area contributed by atoms with E-state index in [1.807, 2.05) is 54.6 Å². The lowest BCUT2D eigenvalue weighted by molar-refractivity contribution is -0.136. The zero-order valence-corrected chi connectivity index (χ0v) is 18.7. The molecule has 0 aromatic heterocycles. The second-order valence-corrected chi connectivity index (χ2v) is 8.81. The molecule has 0 atom stereocenters. The highest BCUT2D eigenvalue weighted by Gasteiger charge is 2.38. The van der Waals surface area contributed by atoms with E-state index in [0.29, 0.717) is 35.3 Å². The van der Waals surface area contributed by atoms with Crippen molar-refractivity contribution in [3.8, 4) is 5.75 Å². The first-order valence-corrected chi connectivity index (χ1v) is 11.5. The molecule has 1 heterocycles. The van der Waals surface area contributed by atoms with Crippen LogP contribution in [0.25, 0.3) is 5.57 Å². The molecule has 158 valence electrons. The van der Waals surface area contributed by atoms with Crippen molar-refractivity contribution in [1.82, 2.24) is 4.90 Å². The minimum atomic E-state index is -0.195. The molecule has 2 aromatic rings. The number of imide groups is 1. The van der Waals surface area contributed by atoms with E-state index < -0.39 is 0 Å². The molecule has 5 heteroatoms. The van der Waals surface area contributed by atoms with Gasteiger partial charge in [0, 0.05) is 12.3 Å². The number of nitrogens with zero attached hydrogens (tertiary/aromatic N) is 1. The van der Waals surface area contributed by atoms with E-state index in [-0.39, 0.29) is 11.8 Å². The normalized spacial score (nSPS) is 14.2. The summed E-state index contributed by atoms with van der Waals surface area (Å²) in [6.07, 6.45) is 1.74. The van der Waals surface area contributed by atoms with Crippen LogP contribution in [0.3, 0.4) is 0 Å². The highest BCUT2D eigenvalue weighted by molar-refractivity contribution is 8.03. The van der Waals surface area contributed by atoms with Crippen molar-refractivity contribution in [2.75, 3.05) is 13.2 Å². The van der Waals surface area contributed by atoms with Gasteiger partial charge in [0.15, 0.2) is 0 Å². The summed E-state index contributed by atoms with van der Waals surface area (Å²) in [5, 5.41) is 0. The molecule has 0 unspecified atom stereocenters. The van der Waals surface area contributed by atoms with Gasteiger partial charge in [-0.05, 0) is 35.6 Å². The van der Waals surface area contributed by atoms with Crippen LogP contribution in [0.1, 0.15) is 44.7 Å². The molecule has 30 heavy (non-hydrogen) atoms. The summed E-state index contributed by atoms with van der Waals surface area (Å²) in [5.41, 5.74) is 2.39. The standard InChI is InChI=1S/C25H29NO3S/c1-4-5-15-26-24(27)22(20-11-13-21(14-12-20)29-16-18(2)3)23(25(26)28)30-17-19-9-7-6-8-10-19/h6-14,18H,4-5,15-17H2,1-3H3. The number of rotatable bonds is 10. The summed E-state index contributed by atoms with van der Waals surface area (Å²) in [7, 11) is 0. The van der Waals surface area contributed by atoms with E-state index in [1.54, 1.807) is 0 Å². The largest absolute Gasteiger partial charge is 0.493 e. The van der Waals surface area contributed by atoms with Crippen LogP contribution in [-0.4, -0.2) is 29.9 Å². The van der Waals surface area contributed by atoms with Gasteiger partial charge >= 0.3 is 0 Å². The van der Waals surface area contributed by atoms with E-state index in [0.717, 1.165) is 29.7 Å². The fourth-order valence-electron chi connectivity index (χ4n) is 3.17. The quantitative estimate of drug-likeness (QED) is 0.471. The molecule has 1 aliphatic rings. The Kier molecular flexibility index (Phi) is 7.75. The molecular formula is C25H29NO3S. The summed E-state index contributed by atoms with van der Waals surface area (Å²) in [5.74, 6) is 1.49. The molecule has 2 amide bonds. The van der Waals surface area contributed by atoms with Gasteiger partial charge in [-0.1, -0.05) is 69.7 Å². The molecule has 0 saturated heterocycles. The molecule has 0 N–H and O–H groups in total. The smallest absolute Gasteiger partial charge is 0.267 e. The molecule has 0 saturated carbocycles. The van der Waals surface area contributed by atoms with E-state index in [9.17, 15) is 9.59 Å². The van der Waals surface area contributed by atoms with E-state index in [2.05, 4.69) is 20.8 Å². The van der Waals surface area contributed by atoms with Crippen LogP contribution in [0.2, 0.25) is 0 Å². The summed E-state index contributed by atoms with van der Waals surface area (Å²) < 4.78 is 5.76. The maximum absolute atomic E-state index is 13.1. The predicted octanol–water partition coefficient (Wildman–Crippen LogP) is 5.53. The van der Waals surface area contributed by atoms with Crippen molar-refractivity contribution in [1.29, 1.82) is 0 Å². The summed E-state index contributed by atoms with van der Waals surface area (Å²) >= 11 is 1.44. The lowest BCUT2D eigenvalue weighted by Crippen LogP contribution is -2.32. The number of benzene rings is 2. The highest BCUT2D eigenvalue weighted by atomic mass is 32.2.